The maximum atomic E-state index is 13.8. The first kappa shape index (κ1) is 18.5. The predicted molar refractivity (Wildman–Crippen MR) is 93.0 cm³/mol. The zero-order valence-corrected chi connectivity index (χ0v) is 14.9. The lowest BCUT2D eigenvalue weighted by molar-refractivity contribution is -0.131. The van der Waals surface area contributed by atoms with Gasteiger partial charge in [-0.2, -0.15) is 0 Å². The number of aromatic nitrogens is 4. The summed E-state index contributed by atoms with van der Waals surface area (Å²) in [6, 6.07) is 3.14. The minimum absolute atomic E-state index is 0.0614. The van der Waals surface area contributed by atoms with Crippen LogP contribution in [0.1, 0.15) is 5.56 Å². The molecule has 0 bridgehead atoms. The van der Waals surface area contributed by atoms with E-state index in [4.69, 9.17) is 0 Å². The lowest BCUT2D eigenvalue weighted by atomic mass is 10.2. The average molecular weight is 377 g/mol. The number of halogens is 2. The third-order valence-electron chi connectivity index (χ3n) is 4.37. The summed E-state index contributed by atoms with van der Waals surface area (Å²) in [6.45, 7) is -0.280. The van der Waals surface area contributed by atoms with Crippen molar-refractivity contribution in [2.24, 2.45) is 14.1 Å². The van der Waals surface area contributed by atoms with Crippen molar-refractivity contribution in [1.29, 1.82) is 0 Å². The van der Waals surface area contributed by atoms with Crippen molar-refractivity contribution >= 4 is 17.1 Å². The summed E-state index contributed by atoms with van der Waals surface area (Å²) in [7, 11) is 4.29. The van der Waals surface area contributed by atoms with Crippen molar-refractivity contribution in [3.63, 3.8) is 0 Å². The summed E-state index contributed by atoms with van der Waals surface area (Å²) in [5.41, 5.74) is -0.628. The molecule has 0 unspecified atom stereocenters. The Labute approximate surface area is 151 Å². The second-order valence-electron chi connectivity index (χ2n) is 6.24. The molecule has 0 radical (unpaired) electrons. The van der Waals surface area contributed by atoms with Crippen LogP contribution in [0, 0.1) is 11.6 Å². The van der Waals surface area contributed by atoms with Crippen LogP contribution in [0.4, 0.5) is 8.78 Å². The quantitative estimate of drug-likeness (QED) is 0.658. The van der Waals surface area contributed by atoms with Gasteiger partial charge in [-0.25, -0.2) is 18.6 Å². The largest absolute Gasteiger partial charge is 0.340 e. The second-order valence-corrected chi connectivity index (χ2v) is 6.24. The Balaban J connectivity index is 1.88. The van der Waals surface area contributed by atoms with E-state index in [9.17, 15) is 23.2 Å². The first-order chi connectivity index (χ1) is 12.7. The molecular weight excluding hydrogens is 360 g/mol. The number of hydrogen-bond acceptors (Lipinski definition) is 4. The first-order valence-electron chi connectivity index (χ1n) is 7.99. The normalized spacial score (nSPS) is 11.1. The molecule has 3 rings (SSSR count). The van der Waals surface area contributed by atoms with Gasteiger partial charge in [0.1, 0.15) is 18.2 Å². The monoisotopic (exact) mass is 377 g/mol. The van der Waals surface area contributed by atoms with Crippen LogP contribution in [-0.2, 0) is 32.0 Å². The predicted octanol–water partition coefficient (Wildman–Crippen LogP) is 0.370. The number of likely N-dealkylation sites (N-methyl/N-ethyl adjacent to an activating group) is 1. The number of imidazole rings is 1. The third kappa shape index (κ3) is 3.25. The fraction of sp³-hybridized carbons (Fsp3) is 0.294. The summed E-state index contributed by atoms with van der Waals surface area (Å²) in [5, 5.41) is 0. The molecule has 0 aliphatic heterocycles. The minimum Gasteiger partial charge on any atom is -0.340 e. The third-order valence-corrected chi connectivity index (χ3v) is 4.37. The van der Waals surface area contributed by atoms with Gasteiger partial charge >= 0.3 is 5.69 Å². The van der Waals surface area contributed by atoms with Crippen LogP contribution >= 0.6 is 0 Å². The molecule has 2 aromatic heterocycles. The highest BCUT2D eigenvalue weighted by molar-refractivity contribution is 5.78. The molecule has 0 fully saturated rings. The molecule has 0 aliphatic rings. The molecule has 0 saturated carbocycles. The molecule has 0 N–H and O–H groups in total. The fourth-order valence-corrected chi connectivity index (χ4v) is 2.78. The molecule has 8 nitrogen and oxygen atoms in total. The number of hydrogen-bond donors (Lipinski definition) is 0. The maximum absolute atomic E-state index is 13.8. The van der Waals surface area contributed by atoms with Gasteiger partial charge < -0.3 is 9.47 Å². The van der Waals surface area contributed by atoms with Crippen LogP contribution in [0.2, 0.25) is 0 Å². The Morgan fingerprint density at radius 2 is 1.89 bits per heavy atom. The van der Waals surface area contributed by atoms with Crippen molar-refractivity contribution < 1.29 is 13.6 Å². The number of rotatable bonds is 4. The number of amides is 1. The maximum Gasteiger partial charge on any atom is 0.332 e. The van der Waals surface area contributed by atoms with Gasteiger partial charge in [0.15, 0.2) is 11.2 Å². The molecule has 1 amide bonds. The zero-order chi connectivity index (χ0) is 19.9. The number of carbonyl (C=O) groups is 1. The van der Waals surface area contributed by atoms with Gasteiger partial charge in [0.05, 0.1) is 6.33 Å². The Morgan fingerprint density at radius 1 is 1.19 bits per heavy atom. The van der Waals surface area contributed by atoms with E-state index in [-0.39, 0.29) is 29.8 Å². The Kier molecular flexibility index (Phi) is 4.64. The lowest BCUT2D eigenvalue weighted by Gasteiger charge is -2.18. The van der Waals surface area contributed by atoms with Crippen molar-refractivity contribution in [2.75, 3.05) is 7.05 Å². The van der Waals surface area contributed by atoms with E-state index >= 15 is 0 Å². The van der Waals surface area contributed by atoms with Crippen molar-refractivity contribution in [1.82, 2.24) is 23.6 Å². The minimum atomic E-state index is -0.744. The number of nitrogens with zero attached hydrogens (tertiary/aromatic N) is 5. The number of carbonyl (C=O) groups excluding carboxylic acids is 1. The fourth-order valence-electron chi connectivity index (χ4n) is 2.78. The Hall–Kier alpha value is -3.30. The van der Waals surface area contributed by atoms with Gasteiger partial charge in [-0.1, -0.05) is 6.07 Å². The lowest BCUT2D eigenvalue weighted by Crippen LogP contribution is -2.38. The van der Waals surface area contributed by atoms with Crippen molar-refractivity contribution in [3.8, 4) is 0 Å². The zero-order valence-electron chi connectivity index (χ0n) is 14.9. The van der Waals surface area contributed by atoms with Crippen LogP contribution in [0.3, 0.4) is 0 Å². The average Bonchev–Trinajstić information content (AvgIpc) is 3.04. The Morgan fingerprint density at radius 3 is 2.56 bits per heavy atom. The van der Waals surface area contributed by atoms with Crippen LogP contribution in [0.5, 0.6) is 0 Å². The second kappa shape index (κ2) is 6.78. The van der Waals surface area contributed by atoms with Crippen molar-refractivity contribution in [3.05, 3.63) is 62.6 Å². The molecule has 1 aromatic carbocycles. The molecule has 2 heterocycles. The summed E-state index contributed by atoms with van der Waals surface area (Å²) < 4.78 is 30.3. The standard InChI is InChI=1S/C17H17F2N5O3/c1-21(7-10-4-5-11(18)6-12(10)19)13(25)8-24-9-20-15-14(24)16(26)23(3)17(27)22(15)2/h4-6,9H,7-8H2,1-3H3. The highest BCUT2D eigenvalue weighted by atomic mass is 19.1. The molecule has 27 heavy (non-hydrogen) atoms. The van der Waals surface area contributed by atoms with Gasteiger partial charge in [0, 0.05) is 39.3 Å². The topological polar surface area (TPSA) is 82.1 Å². The van der Waals surface area contributed by atoms with E-state index in [1.54, 1.807) is 0 Å². The number of fused-ring (bicyclic) bond motifs is 1. The molecule has 0 saturated heterocycles. The van der Waals surface area contributed by atoms with Gasteiger partial charge in [0.25, 0.3) is 5.56 Å². The molecule has 10 heteroatoms. The molecule has 0 spiro atoms. The van der Waals surface area contributed by atoms with Gasteiger partial charge in [0.2, 0.25) is 5.91 Å². The molecule has 0 atom stereocenters. The van der Waals surface area contributed by atoms with Crippen LogP contribution in [0.25, 0.3) is 11.2 Å². The smallest absolute Gasteiger partial charge is 0.332 e. The number of aryl methyl sites for hydroxylation is 1. The van der Waals surface area contributed by atoms with E-state index in [1.807, 2.05) is 0 Å². The first-order valence-corrected chi connectivity index (χ1v) is 7.99. The summed E-state index contributed by atoms with van der Waals surface area (Å²) in [5.74, 6) is -1.85. The van der Waals surface area contributed by atoms with E-state index < -0.39 is 28.8 Å². The van der Waals surface area contributed by atoms with Gasteiger partial charge in [-0.15, -0.1) is 0 Å². The van der Waals surface area contributed by atoms with E-state index in [0.29, 0.717) is 0 Å². The Bertz CT molecular complexity index is 1160. The molecular formula is C17H17F2N5O3. The van der Waals surface area contributed by atoms with E-state index in [2.05, 4.69) is 4.98 Å². The summed E-state index contributed by atoms with van der Waals surface area (Å²) in [4.78, 5) is 42.1. The van der Waals surface area contributed by atoms with Crippen LogP contribution in [-0.4, -0.2) is 36.5 Å². The van der Waals surface area contributed by atoms with E-state index in [0.717, 1.165) is 16.7 Å². The highest BCUT2D eigenvalue weighted by Gasteiger charge is 2.18. The van der Waals surface area contributed by atoms with Crippen LogP contribution < -0.4 is 11.2 Å². The number of benzene rings is 1. The molecule has 142 valence electrons. The highest BCUT2D eigenvalue weighted by Crippen LogP contribution is 2.12. The van der Waals surface area contributed by atoms with Gasteiger partial charge in [-0.3, -0.25) is 18.7 Å². The SMILES string of the molecule is CN(Cc1ccc(F)cc1F)C(=O)Cn1cnc2c1c(=O)n(C)c(=O)n2C. The molecule has 3 aromatic rings. The van der Waals surface area contributed by atoms with Crippen LogP contribution in [0.15, 0.2) is 34.1 Å². The van der Waals surface area contributed by atoms with Gasteiger partial charge in [-0.05, 0) is 6.07 Å². The summed E-state index contributed by atoms with van der Waals surface area (Å²) >= 11 is 0. The molecule has 0 aliphatic carbocycles. The summed E-state index contributed by atoms with van der Waals surface area (Å²) in [6.07, 6.45) is 1.30. The van der Waals surface area contributed by atoms with E-state index in [1.165, 1.54) is 47.6 Å². The van der Waals surface area contributed by atoms with Crippen molar-refractivity contribution in [2.45, 2.75) is 13.1 Å².